The van der Waals surface area contributed by atoms with Crippen molar-refractivity contribution in [1.82, 2.24) is 19.9 Å². The molecule has 1 amide bonds. The van der Waals surface area contributed by atoms with Gasteiger partial charge in [0.05, 0.1) is 10.9 Å². The number of aromatic nitrogens is 3. The van der Waals surface area contributed by atoms with E-state index in [1.54, 1.807) is 13.1 Å². The molecular weight excluding hydrogens is 318 g/mol. The van der Waals surface area contributed by atoms with Crippen LogP contribution in [0.4, 0.5) is 5.82 Å². The summed E-state index contributed by atoms with van der Waals surface area (Å²) in [4.78, 5) is 21.0. The standard InChI is InChI=1S/C17H25N7O/c1-9(2)17(4,5)24-7-11(13-14(20)21-8-22-15(13)24)16(25)23-12(19)6-10(3)18/h6-9H,18H2,1-5H3,(H2,19,23,25)(H2,20,21,22)/b10-6-. The van der Waals surface area contributed by atoms with Crippen molar-refractivity contribution >= 4 is 28.6 Å². The number of hydrogen-bond donors (Lipinski definition) is 4. The number of carbonyl (C=O) groups is 1. The van der Waals surface area contributed by atoms with Crippen molar-refractivity contribution < 1.29 is 4.79 Å². The van der Waals surface area contributed by atoms with Gasteiger partial charge in [0.1, 0.15) is 23.6 Å². The normalized spacial score (nSPS) is 12.6. The van der Waals surface area contributed by atoms with Crippen molar-refractivity contribution in [3.05, 3.63) is 29.9 Å². The highest BCUT2D eigenvalue weighted by molar-refractivity contribution is 6.16. The number of nitrogen functional groups attached to an aromatic ring is 1. The lowest BCUT2D eigenvalue weighted by Crippen LogP contribution is -2.32. The first-order valence-electron chi connectivity index (χ1n) is 8.01. The van der Waals surface area contributed by atoms with Crippen LogP contribution in [0.15, 0.2) is 24.3 Å². The van der Waals surface area contributed by atoms with Crippen LogP contribution in [-0.4, -0.2) is 26.3 Å². The maximum Gasteiger partial charge on any atom is 0.259 e. The molecule has 8 nitrogen and oxygen atoms in total. The summed E-state index contributed by atoms with van der Waals surface area (Å²) in [7, 11) is 0. The number of hydrogen-bond acceptors (Lipinski definition) is 6. The van der Waals surface area contributed by atoms with Crippen molar-refractivity contribution in [2.45, 2.75) is 40.2 Å². The van der Waals surface area contributed by atoms with Gasteiger partial charge >= 0.3 is 0 Å². The van der Waals surface area contributed by atoms with Gasteiger partial charge in [-0.05, 0) is 32.8 Å². The number of rotatable bonds is 4. The molecule has 0 aliphatic heterocycles. The second-order valence-electron chi connectivity index (χ2n) is 6.93. The highest BCUT2D eigenvalue weighted by Crippen LogP contribution is 2.33. The van der Waals surface area contributed by atoms with Crippen LogP contribution in [0.3, 0.4) is 0 Å². The maximum atomic E-state index is 12.7. The lowest BCUT2D eigenvalue weighted by Gasteiger charge is -2.31. The minimum atomic E-state index is -0.452. The summed E-state index contributed by atoms with van der Waals surface area (Å²) < 4.78 is 1.94. The fourth-order valence-electron chi connectivity index (χ4n) is 2.43. The molecule has 134 valence electrons. The van der Waals surface area contributed by atoms with Gasteiger partial charge in [0, 0.05) is 17.4 Å². The number of carbonyl (C=O) groups excluding carboxylic acids is 1. The molecule has 6 N–H and O–H groups in total. The second-order valence-corrected chi connectivity index (χ2v) is 6.93. The summed E-state index contributed by atoms with van der Waals surface area (Å²) in [6, 6.07) is 0. The first kappa shape index (κ1) is 18.4. The molecule has 8 heteroatoms. The Labute approximate surface area is 146 Å². The first-order valence-corrected chi connectivity index (χ1v) is 8.01. The van der Waals surface area contributed by atoms with Crippen molar-refractivity contribution in [1.29, 1.82) is 5.41 Å². The molecule has 0 radical (unpaired) electrons. The minimum absolute atomic E-state index is 0.0931. The quantitative estimate of drug-likeness (QED) is 0.497. The molecule has 0 saturated heterocycles. The van der Waals surface area contributed by atoms with Gasteiger partial charge in [0.25, 0.3) is 5.91 Å². The van der Waals surface area contributed by atoms with Crippen LogP contribution < -0.4 is 16.8 Å². The van der Waals surface area contributed by atoms with E-state index in [0.29, 0.717) is 22.3 Å². The van der Waals surface area contributed by atoms with E-state index in [1.165, 1.54) is 12.4 Å². The van der Waals surface area contributed by atoms with Crippen molar-refractivity contribution in [3.8, 4) is 0 Å². The topological polar surface area (TPSA) is 136 Å². The van der Waals surface area contributed by atoms with E-state index >= 15 is 0 Å². The van der Waals surface area contributed by atoms with Crippen LogP contribution in [0.2, 0.25) is 0 Å². The zero-order chi connectivity index (χ0) is 18.9. The molecule has 2 aromatic heterocycles. The first-order chi connectivity index (χ1) is 11.6. The van der Waals surface area contributed by atoms with E-state index in [1.807, 2.05) is 4.57 Å². The Kier molecular flexibility index (Phi) is 4.82. The van der Waals surface area contributed by atoms with Crippen LogP contribution in [0.1, 0.15) is 45.0 Å². The fourth-order valence-corrected chi connectivity index (χ4v) is 2.43. The van der Waals surface area contributed by atoms with E-state index in [9.17, 15) is 4.79 Å². The Hall–Kier alpha value is -2.90. The van der Waals surface area contributed by atoms with Gasteiger partial charge < -0.3 is 21.4 Å². The number of fused-ring (bicyclic) bond motifs is 1. The monoisotopic (exact) mass is 343 g/mol. The Bertz CT molecular complexity index is 857. The molecule has 0 bridgehead atoms. The number of nitrogens with one attached hydrogen (secondary N) is 2. The number of anilines is 1. The van der Waals surface area contributed by atoms with Gasteiger partial charge in [-0.1, -0.05) is 13.8 Å². The van der Waals surface area contributed by atoms with Crippen molar-refractivity contribution in [2.75, 3.05) is 5.73 Å². The van der Waals surface area contributed by atoms with E-state index in [0.717, 1.165) is 0 Å². The summed E-state index contributed by atoms with van der Waals surface area (Å²) in [5, 5.41) is 10.8. The Morgan fingerprint density at radius 1 is 1.40 bits per heavy atom. The molecule has 2 rings (SSSR count). The summed E-state index contributed by atoms with van der Waals surface area (Å²) in [6.07, 6.45) is 4.47. The molecule has 0 aliphatic carbocycles. The van der Waals surface area contributed by atoms with Crippen LogP contribution in [-0.2, 0) is 5.54 Å². The average Bonchev–Trinajstić information content (AvgIpc) is 2.87. The summed E-state index contributed by atoms with van der Waals surface area (Å²) in [5.41, 5.74) is 12.6. The number of nitrogens with zero attached hydrogens (tertiary/aromatic N) is 3. The molecule has 0 unspecified atom stereocenters. The summed E-state index contributed by atoms with van der Waals surface area (Å²) >= 11 is 0. The van der Waals surface area contributed by atoms with Crippen LogP contribution in [0.5, 0.6) is 0 Å². The largest absolute Gasteiger partial charge is 0.402 e. The van der Waals surface area contributed by atoms with E-state index in [-0.39, 0.29) is 23.1 Å². The maximum absolute atomic E-state index is 12.7. The van der Waals surface area contributed by atoms with Gasteiger partial charge in [0.2, 0.25) is 0 Å². The predicted molar refractivity (Wildman–Crippen MR) is 99.2 cm³/mol. The molecule has 0 aliphatic rings. The van der Waals surface area contributed by atoms with E-state index in [4.69, 9.17) is 16.9 Å². The van der Waals surface area contributed by atoms with Gasteiger partial charge in [-0.25, -0.2) is 9.97 Å². The molecule has 0 aromatic carbocycles. The second kappa shape index (κ2) is 6.54. The highest BCUT2D eigenvalue weighted by Gasteiger charge is 2.30. The fraction of sp³-hybridized carbons (Fsp3) is 0.412. The van der Waals surface area contributed by atoms with Crippen LogP contribution in [0.25, 0.3) is 11.0 Å². The van der Waals surface area contributed by atoms with E-state index in [2.05, 4.69) is 43.0 Å². The minimum Gasteiger partial charge on any atom is -0.402 e. The SMILES string of the molecule is C/C(N)=C/C(=N)NC(=O)c1cn(C(C)(C)C(C)C)c2ncnc(N)c12. The molecule has 0 fully saturated rings. The smallest absolute Gasteiger partial charge is 0.259 e. The molecular formula is C17H25N7O. The lowest BCUT2D eigenvalue weighted by molar-refractivity contribution is 0.0978. The molecule has 2 heterocycles. The molecule has 0 atom stereocenters. The predicted octanol–water partition coefficient (Wildman–Crippen LogP) is 1.97. The Morgan fingerprint density at radius 3 is 2.60 bits per heavy atom. The van der Waals surface area contributed by atoms with Gasteiger partial charge in [-0.3, -0.25) is 10.2 Å². The molecule has 2 aromatic rings. The van der Waals surface area contributed by atoms with Crippen LogP contribution >= 0.6 is 0 Å². The Morgan fingerprint density at radius 2 is 2.04 bits per heavy atom. The van der Waals surface area contributed by atoms with E-state index < -0.39 is 5.91 Å². The molecule has 0 saturated carbocycles. The van der Waals surface area contributed by atoms with Gasteiger partial charge in [-0.15, -0.1) is 0 Å². The number of amidine groups is 1. The van der Waals surface area contributed by atoms with Gasteiger partial charge in [0.15, 0.2) is 0 Å². The Balaban J connectivity index is 2.60. The highest BCUT2D eigenvalue weighted by atomic mass is 16.1. The summed E-state index contributed by atoms with van der Waals surface area (Å²) in [5.74, 6) is -0.0291. The molecule has 25 heavy (non-hydrogen) atoms. The number of amides is 1. The zero-order valence-corrected chi connectivity index (χ0v) is 15.2. The zero-order valence-electron chi connectivity index (χ0n) is 15.2. The average molecular weight is 343 g/mol. The third kappa shape index (κ3) is 3.47. The number of nitrogens with two attached hydrogens (primary N) is 2. The summed E-state index contributed by atoms with van der Waals surface area (Å²) in [6.45, 7) is 9.98. The molecule has 0 spiro atoms. The van der Waals surface area contributed by atoms with Crippen molar-refractivity contribution in [2.24, 2.45) is 11.7 Å². The van der Waals surface area contributed by atoms with Crippen LogP contribution in [0, 0.1) is 11.3 Å². The van der Waals surface area contributed by atoms with Crippen molar-refractivity contribution in [3.63, 3.8) is 0 Å². The lowest BCUT2D eigenvalue weighted by atomic mass is 9.90. The number of allylic oxidation sites excluding steroid dienone is 1. The third-order valence-corrected chi connectivity index (χ3v) is 4.51. The third-order valence-electron chi connectivity index (χ3n) is 4.51. The van der Waals surface area contributed by atoms with Gasteiger partial charge in [-0.2, -0.15) is 0 Å².